The van der Waals surface area contributed by atoms with Crippen molar-refractivity contribution in [2.45, 2.75) is 38.8 Å². The number of carbonyl (C=O) groups is 1. The minimum absolute atomic E-state index is 0.0215. The smallest absolute Gasteiger partial charge is 0.265 e. The number of nitrogens with one attached hydrogen (secondary N) is 1. The Labute approximate surface area is 131 Å². The highest BCUT2D eigenvalue weighted by Crippen LogP contribution is 2.36. The first-order chi connectivity index (χ1) is 10.6. The molecule has 2 aliphatic heterocycles. The molecule has 0 spiro atoms. The van der Waals surface area contributed by atoms with Crippen molar-refractivity contribution in [1.29, 1.82) is 0 Å². The molecule has 2 unspecified atom stereocenters. The standard InChI is InChI=1S/C17H24N2O3/c1-11(2)9-19-14-8-12(17(21)13-4-3-7-18-13)5-6-15(14)22-10-16(19)20/h5-6,8,11,13,17-18,21H,3-4,7,9-10H2,1-2H3. The number of fused-ring (bicyclic) bond motifs is 1. The fourth-order valence-electron chi connectivity index (χ4n) is 3.18. The van der Waals surface area contributed by atoms with E-state index in [1.165, 1.54) is 0 Å². The molecular weight excluding hydrogens is 280 g/mol. The van der Waals surface area contributed by atoms with E-state index in [9.17, 15) is 9.90 Å². The largest absolute Gasteiger partial charge is 0.482 e. The van der Waals surface area contributed by atoms with Gasteiger partial charge in [0.25, 0.3) is 5.91 Å². The Hall–Kier alpha value is -1.59. The second-order valence-electron chi connectivity index (χ2n) is 6.56. The number of aliphatic hydroxyl groups excluding tert-OH is 1. The summed E-state index contributed by atoms with van der Waals surface area (Å²) in [6.45, 7) is 5.88. The second kappa shape index (κ2) is 6.26. The molecule has 22 heavy (non-hydrogen) atoms. The molecule has 5 nitrogen and oxygen atoms in total. The first kappa shape index (κ1) is 15.3. The number of rotatable bonds is 4. The minimum atomic E-state index is -0.550. The Bertz CT molecular complexity index is 553. The highest BCUT2D eigenvalue weighted by Gasteiger charge is 2.29. The summed E-state index contributed by atoms with van der Waals surface area (Å²) in [5, 5.41) is 13.9. The Morgan fingerprint density at radius 3 is 2.95 bits per heavy atom. The summed E-state index contributed by atoms with van der Waals surface area (Å²) >= 11 is 0. The third kappa shape index (κ3) is 2.96. The van der Waals surface area contributed by atoms with Crippen LogP contribution in [0.3, 0.4) is 0 Å². The first-order valence-corrected chi connectivity index (χ1v) is 8.05. The predicted octanol–water partition coefficient (Wildman–Crippen LogP) is 1.85. The molecule has 1 aromatic rings. The normalized spacial score (nSPS) is 22.6. The highest BCUT2D eigenvalue weighted by molar-refractivity contribution is 5.97. The average Bonchev–Trinajstić information content (AvgIpc) is 3.03. The fraction of sp³-hybridized carbons (Fsp3) is 0.588. The van der Waals surface area contributed by atoms with Crippen LogP contribution in [0.1, 0.15) is 38.4 Å². The van der Waals surface area contributed by atoms with Crippen LogP contribution in [0.4, 0.5) is 5.69 Å². The number of aliphatic hydroxyl groups is 1. The summed E-state index contributed by atoms with van der Waals surface area (Å²) in [4.78, 5) is 13.9. The number of ether oxygens (including phenoxy) is 1. The molecule has 1 saturated heterocycles. The Balaban J connectivity index is 1.89. The van der Waals surface area contributed by atoms with Gasteiger partial charge in [-0.2, -0.15) is 0 Å². The summed E-state index contributed by atoms with van der Waals surface area (Å²) in [6.07, 6.45) is 1.52. The van der Waals surface area contributed by atoms with Gasteiger partial charge >= 0.3 is 0 Å². The quantitative estimate of drug-likeness (QED) is 0.891. The van der Waals surface area contributed by atoms with Crippen LogP contribution in [-0.2, 0) is 4.79 Å². The molecule has 2 N–H and O–H groups in total. The maximum absolute atomic E-state index is 12.2. The van der Waals surface area contributed by atoms with Gasteiger partial charge in [-0.05, 0) is 43.0 Å². The Kier molecular flexibility index (Phi) is 4.36. The monoisotopic (exact) mass is 304 g/mol. The number of hydrogen-bond donors (Lipinski definition) is 2. The summed E-state index contributed by atoms with van der Waals surface area (Å²) in [7, 11) is 0. The van der Waals surface area contributed by atoms with Crippen LogP contribution in [0.15, 0.2) is 18.2 Å². The molecule has 2 heterocycles. The van der Waals surface area contributed by atoms with Gasteiger partial charge in [-0.15, -0.1) is 0 Å². The third-order valence-corrected chi connectivity index (χ3v) is 4.29. The molecule has 5 heteroatoms. The van der Waals surface area contributed by atoms with Crippen molar-refractivity contribution >= 4 is 11.6 Å². The van der Waals surface area contributed by atoms with E-state index in [1.807, 2.05) is 18.2 Å². The molecule has 0 aromatic heterocycles. The maximum Gasteiger partial charge on any atom is 0.265 e. The van der Waals surface area contributed by atoms with Crippen LogP contribution in [0, 0.1) is 5.92 Å². The van der Waals surface area contributed by atoms with Crippen molar-refractivity contribution < 1.29 is 14.6 Å². The summed E-state index contributed by atoms with van der Waals surface area (Å²) < 4.78 is 5.52. The van der Waals surface area contributed by atoms with E-state index in [4.69, 9.17) is 4.74 Å². The van der Waals surface area contributed by atoms with Crippen molar-refractivity contribution in [3.05, 3.63) is 23.8 Å². The average molecular weight is 304 g/mol. The lowest BCUT2D eigenvalue weighted by Gasteiger charge is -2.31. The fourth-order valence-corrected chi connectivity index (χ4v) is 3.18. The van der Waals surface area contributed by atoms with Crippen LogP contribution in [-0.4, -0.2) is 36.8 Å². The molecule has 0 radical (unpaired) electrons. The number of anilines is 1. The zero-order chi connectivity index (χ0) is 15.7. The van der Waals surface area contributed by atoms with Gasteiger partial charge in [0, 0.05) is 12.6 Å². The van der Waals surface area contributed by atoms with Gasteiger partial charge in [-0.25, -0.2) is 0 Å². The molecule has 0 aliphatic carbocycles. The number of benzene rings is 1. The van der Waals surface area contributed by atoms with E-state index in [2.05, 4.69) is 19.2 Å². The zero-order valence-electron chi connectivity index (χ0n) is 13.2. The number of nitrogens with zero attached hydrogens (tertiary/aromatic N) is 1. The van der Waals surface area contributed by atoms with E-state index < -0.39 is 6.10 Å². The van der Waals surface area contributed by atoms with Gasteiger partial charge < -0.3 is 20.1 Å². The van der Waals surface area contributed by atoms with Gasteiger partial charge in [0.2, 0.25) is 0 Å². The lowest BCUT2D eigenvalue weighted by molar-refractivity contribution is -0.121. The van der Waals surface area contributed by atoms with Crippen LogP contribution < -0.4 is 15.0 Å². The molecule has 2 atom stereocenters. The van der Waals surface area contributed by atoms with E-state index in [0.717, 1.165) is 36.4 Å². The molecule has 1 fully saturated rings. The molecule has 120 valence electrons. The van der Waals surface area contributed by atoms with Crippen molar-refractivity contribution in [1.82, 2.24) is 5.32 Å². The molecule has 1 aromatic carbocycles. The molecule has 0 bridgehead atoms. The number of amides is 1. The second-order valence-corrected chi connectivity index (χ2v) is 6.56. The number of carbonyl (C=O) groups excluding carboxylic acids is 1. The van der Waals surface area contributed by atoms with Crippen LogP contribution in [0.25, 0.3) is 0 Å². The molecule has 3 rings (SSSR count). The van der Waals surface area contributed by atoms with Gasteiger partial charge in [-0.1, -0.05) is 19.9 Å². The van der Waals surface area contributed by atoms with Crippen molar-refractivity contribution in [3.63, 3.8) is 0 Å². The van der Waals surface area contributed by atoms with Crippen LogP contribution in [0.2, 0.25) is 0 Å². The van der Waals surface area contributed by atoms with Crippen molar-refractivity contribution in [3.8, 4) is 5.75 Å². The third-order valence-electron chi connectivity index (χ3n) is 4.29. The maximum atomic E-state index is 12.2. The van der Waals surface area contributed by atoms with E-state index in [1.54, 1.807) is 4.90 Å². The minimum Gasteiger partial charge on any atom is -0.482 e. The first-order valence-electron chi connectivity index (χ1n) is 8.05. The summed E-state index contributed by atoms with van der Waals surface area (Å²) in [6, 6.07) is 5.76. The van der Waals surface area contributed by atoms with Gasteiger partial charge in [0.15, 0.2) is 6.61 Å². The summed E-state index contributed by atoms with van der Waals surface area (Å²) in [5.41, 5.74) is 1.62. The lowest BCUT2D eigenvalue weighted by atomic mass is 9.99. The zero-order valence-corrected chi connectivity index (χ0v) is 13.2. The summed E-state index contributed by atoms with van der Waals surface area (Å²) in [5.74, 6) is 1.07. The van der Waals surface area contributed by atoms with E-state index >= 15 is 0 Å². The molecule has 1 amide bonds. The van der Waals surface area contributed by atoms with Crippen molar-refractivity contribution in [2.75, 3.05) is 24.6 Å². The SMILES string of the molecule is CC(C)CN1C(=O)COc2ccc(C(O)C3CCCN3)cc21. The van der Waals surface area contributed by atoms with Gasteiger partial charge in [0.05, 0.1) is 11.8 Å². The van der Waals surface area contributed by atoms with Gasteiger partial charge in [0.1, 0.15) is 5.75 Å². The Morgan fingerprint density at radius 1 is 1.45 bits per heavy atom. The van der Waals surface area contributed by atoms with Crippen LogP contribution >= 0.6 is 0 Å². The highest BCUT2D eigenvalue weighted by atomic mass is 16.5. The van der Waals surface area contributed by atoms with Gasteiger partial charge in [-0.3, -0.25) is 4.79 Å². The van der Waals surface area contributed by atoms with E-state index in [0.29, 0.717) is 12.5 Å². The number of hydrogen-bond acceptors (Lipinski definition) is 4. The van der Waals surface area contributed by atoms with Crippen LogP contribution in [0.5, 0.6) is 5.75 Å². The lowest BCUT2D eigenvalue weighted by Crippen LogP contribution is -2.41. The molecule has 2 aliphatic rings. The molecule has 0 saturated carbocycles. The van der Waals surface area contributed by atoms with Crippen molar-refractivity contribution in [2.24, 2.45) is 5.92 Å². The van der Waals surface area contributed by atoms with E-state index in [-0.39, 0.29) is 18.6 Å². The predicted molar refractivity (Wildman–Crippen MR) is 85.1 cm³/mol. The Morgan fingerprint density at radius 2 is 2.27 bits per heavy atom. The molecular formula is C17H24N2O3. The topological polar surface area (TPSA) is 61.8 Å².